The van der Waals surface area contributed by atoms with Gasteiger partial charge in [0.05, 0.1) is 11.6 Å². The molecule has 2 rings (SSSR count). The Hall–Kier alpha value is -1.54. The predicted molar refractivity (Wildman–Crippen MR) is 76.8 cm³/mol. The zero-order valence-electron chi connectivity index (χ0n) is 11.1. The van der Waals surface area contributed by atoms with Crippen LogP contribution in [0.25, 0.3) is 0 Å². The molecule has 106 valence electrons. The lowest BCUT2D eigenvalue weighted by molar-refractivity contribution is 0.0741. The predicted octanol–water partition coefficient (Wildman–Crippen LogP) is 1.55. The Balaban J connectivity index is 2.15. The van der Waals surface area contributed by atoms with Crippen LogP contribution < -0.4 is 0 Å². The lowest BCUT2D eigenvalue weighted by atomic mass is 10.1. The van der Waals surface area contributed by atoms with E-state index in [0.717, 1.165) is 6.42 Å². The van der Waals surface area contributed by atoms with Gasteiger partial charge in [-0.1, -0.05) is 23.4 Å². The van der Waals surface area contributed by atoms with Gasteiger partial charge >= 0.3 is 0 Å². The SMILES string of the molecule is O=C(c1ccc(C#CCO)c(Cl)c1)N1CCCOCC1. The third-order valence-electron chi connectivity index (χ3n) is 3.03. The maximum atomic E-state index is 12.4. The summed E-state index contributed by atoms with van der Waals surface area (Å²) in [5, 5.41) is 9.09. The number of carbonyl (C=O) groups excluding carboxylic acids is 1. The van der Waals surface area contributed by atoms with Crippen LogP contribution in [0.3, 0.4) is 0 Å². The Morgan fingerprint density at radius 1 is 1.40 bits per heavy atom. The van der Waals surface area contributed by atoms with E-state index in [4.69, 9.17) is 21.4 Å². The summed E-state index contributed by atoms with van der Waals surface area (Å²) in [6.07, 6.45) is 0.847. The van der Waals surface area contributed by atoms with E-state index in [1.165, 1.54) is 0 Å². The van der Waals surface area contributed by atoms with E-state index in [1.54, 1.807) is 23.1 Å². The molecule has 0 radical (unpaired) electrons. The molecule has 1 aromatic rings. The molecule has 1 saturated heterocycles. The smallest absolute Gasteiger partial charge is 0.253 e. The van der Waals surface area contributed by atoms with Gasteiger partial charge in [0.15, 0.2) is 0 Å². The lowest BCUT2D eigenvalue weighted by Gasteiger charge is -2.19. The van der Waals surface area contributed by atoms with Crippen LogP contribution in [0.5, 0.6) is 0 Å². The molecular weight excluding hydrogens is 278 g/mol. The van der Waals surface area contributed by atoms with Crippen molar-refractivity contribution in [2.45, 2.75) is 6.42 Å². The quantitative estimate of drug-likeness (QED) is 0.799. The van der Waals surface area contributed by atoms with Gasteiger partial charge in [0.2, 0.25) is 0 Å². The summed E-state index contributed by atoms with van der Waals surface area (Å²) in [6, 6.07) is 5.03. The molecule has 20 heavy (non-hydrogen) atoms. The van der Waals surface area contributed by atoms with Gasteiger partial charge in [-0.05, 0) is 24.6 Å². The van der Waals surface area contributed by atoms with Gasteiger partial charge in [-0.3, -0.25) is 4.79 Å². The maximum absolute atomic E-state index is 12.4. The van der Waals surface area contributed by atoms with E-state index in [-0.39, 0.29) is 12.5 Å². The standard InChI is InChI=1S/C15H16ClNO3/c16-14-11-13(5-4-12(14)3-1-8-18)15(19)17-6-2-9-20-10-7-17/h4-5,11,18H,2,6-10H2. The van der Waals surface area contributed by atoms with Crippen molar-refractivity contribution in [3.8, 4) is 11.8 Å². The highest BCUT2D eigenvalue weighted by Crippen LogP contribution is 2.18. The summed E-state index contributed by atoms with van der Waals surface area (Å²) in [5.41, 5.74) is 1.16. The number of hydrogen-bond acceptors (Lipinski definition) is 3. The fourth-order valence-electron chi connectivity index (χ4n) is 2.02. The fourth-order valence-corrected chi connectivity index (χ4v) is 2.24. The van der Waals surface area contributed by atoms with Crippen molar-refractivity contribution in [3.63, 3.8) is 0 Å². The summed E-state index contributed by atoms with van der Waals surface area (Å²) in [6.45, 7) is 2.34. The molecule has 1 fully saturated rings. The first-order valence-electron chi connectivity index (χ1n) is 6.48. The minimum Gasteiger partial charge on any atom is -0.384 e. The molecule has 1 aromatic carbocycles. The van der Waals surface area contributed by atoms with Crippen LogP contribution in [0, 0.1) is 11.8 Å². The van der Waals surface area contributed by atoms with E-state index in [9.17, 15) is 4.79 Å². The summed E-state index contributed by atoms with van der Waals surface area (Å²) >= 11 is 6.10. The summed E-state index contributed by atoms with van der Waals surface area (Å²) in [5.74, 6) is 5.23. The van der Waals surface area contributed by atoms with Crippen LogP contribution in [0.1, 0.15) is 22.3 Å². The molecule has 1 amide bonds. The molecule has 1 aliphatic heterocycles. The minimum atomic E-state index is -0.217. The molecular formula is C15H16ClNO3. The molecule has 0 atom stereocenters. The van der Waals surface area contributed by atoms with Crippen LogP contribution in [0.2, 0.25) is 5.02 Å². The highest BCUT2D eigenvalue weighted by atomic mass is 35.5. The second-order valence-corrected chi connectivity index (χ2v) is 4.82. The van der Waals surface area contributed by atoms with Crippen molar-refractivity contribution >= 4 is 17.5 Å². The van der Waals surface area contributed by atoms with Crippen LogP contribution in [-0.4, -0.2) is 48.8 Å². The highest BCUT2D eigenvalue weighted by molar-refractivity contribution is 6.32. The average molecular weight is 294 g/mol. The average Bonchev–Trinajstić information content (AvgIpc) is 2.74. The van der Waals surface area contributed by atoms with Crippen molar-refractivity contribution in [2.24, 2.45) is 0 Å². The lowest BCUT2D eigenvalue weighted by Crippen LogP contribution is -2.33. The summed E-state index contributed by atoms with van der Waals surface area (Å²) in [7, 11) is 0. The number of aliphatic hydroxyl groups is 1. The van der Waals surface area contributed by atoms with Gasteiger partial charge < -0.3 is 14.7 Å². The van der Waals surface area contributed by atoms with E-state index in [1.807, 2.05) is 0 Å². The number of benzene rings is 1. The normalized spacial score (nSPS) is 15.2. The van der Waals surface area contributed by atoms with E-state index >= 15 is 0 Å². The number of ether oxygens (including phenoxy) is 1. The van der Waals surface area contributed by atoms with E-state index in [0.29, 0.717) is 42.5 Å². The van der Waals surface area contributed by atoms with Crippen LogP contribution in [0.4, 0.5) is 0 Å². The second-order valence-electron chi connectivity index (χ2n) is 4.41. The molecule has 0 aromatic heterocycles. The Bertz CT molecular complexity index is 540. The summed E-state index contributed by atoms with van der Waals surface area (Å²) < 4.78 is 5.34. The van der Waals surface area contributed by atoms with Crippen molar-refractivity contribution in [1.82, 2.24) is 4.90 Å². The fraction of sp³-hybridized carbons (Fsp3) is 0.400. The maximum Gasteiger partial charge on any atom is 0.253 e. The molecule has 0 spiro atoms. The monoisotopic (exact) mass is 293 g/mol. The summed E-state index contributed by atoms with van der Waals surface area (Å²) in [4.78, 5) is 14.1. The molecule has 4 nitrogen and oxygen atoms in total. The molecule has 0 aliphatic carbocycles. The van der Waals surface area contributed by atoms with Gasteiger partial charge in [0, 0.05) is 30.8 Å². The number of hydrogen-bond donors (Lipinski definition) is 1. The van der Waals surface area contributed by atoms with E-state index in [2.05, 4.69) is 11.8 Å². The largest absolute Gasteiger partial charge is 0.384 e. The number of aliphatic hydroxyl groups excluding tert-OH is 1. The molecule has 1 heterocycles. The van der Waals surface area contributed by atoms with E-state index < -0.39 is 0 Å². The van der Waals surface area contributed by atoms with Gasteiger partial charge in [-0.25, -0.2) is 0 Å². The van der Waals surface area contributed by atoms with Crippen molar-refractivity contribution in [2.75, 3.05) is 32.9 Å². The van der Waals surface area contributed by atoms with Crippen molar-refractivity contribution in [3.05, 3.63) is 34.3 Å². The van der Waals surface area contributed by atoms with Gasteiger partial charge in [0.1, 0.15) is 6.61 Å². The third-order valence-corrected chi connectivity index (χ3v) is 3.34. The molecule has 5 heteroatoms. The number of rotatable bonds is 1. The minimum absolute atomic E-state index is 0.0425. The number of carbonyl (C=O) groups is 1. The first-order chi connectivity index (χ1) is 9.72. The number of nitrogens with zero attached hydrogens (tertiary/aromatic N) is 1. The Morgan fingerprint density at radius 3 is 3.00 bits per heavy atom. The highest BCUT2D eigenvalue weighted by Gasteiger charge is 2.18. The zero-order valence-corrected chi connectivity index (χ0v) is 11.8. The van der Waals surface area contributed by atoms with Gasteiger partial charge in [-0.2, -0.15) is 0 Å². The number of amides is 1. The van der Waals surface area contributed by atoms with Gasteiger partial charge in [0.25, 0.3) is 5.91 Å². The first kappa shape index (κ1) is 14.9. The number of halogens is 1. The first-order valence-corrected chi connectivity index (χ1v) is 6.86. The second kappa shape index (κ2) is 7.30. The molecule has 0 unspecified atom stereocenters. The van der Waals surface area contributed by atoms with Gasteiger partial charge in [-0.15, -0.1) is 0 Å². The van der Waals surface area contributed by atoms with Crippen molar-refractivity contribution < 1.29 is 14.6 Å². The third kappa shape index (κ3) is 3.73. The van der Waals surface area contributed by atoms with Crippen molar-refractivity contribution in [1.29, 1.82) is 0 Å². The van der Waals surface area contributed by atoms with Crippen LogP contribution in [-0.2, 0) is 4.74 Å². The molecule has 0 bridgehead atoms. The topological polar surface area (TPSA) is 49.8 Å². The Labute approximate surface area is 123 Å². The van der Waals surface area contributed by atoms with Crippen LogP contribution >= 0.6 is 11.6 Å². The Kier molecular flexibility index (Phi) is 5.42. The van der Waals surface area contributed by atoms with Crippen LogP contribution in [0.15, 0.2) is 18.2 Å². The Morgan fingerprint density at radius 2 is 2.25 bits per heavy atom. The molecule has 1 aliphatic rings. The molecule has 1 N–H and O–H groups in total. The molecule has 0 saturated carbocycles. The zero-order chi connectivity index (χ0) is 14.4.